The Morgan fingerprint density at radius 2 is 1.91 bits per heavy atom. The van der Waals surface area contributed by atoms with E-state index in [0.717, 1.165) is 48.9 Å². The van der Waals surface area contributed by atoms with Crippen LogP contribution in [0.1, 0.15) is 24.8 Å². The smallest absolute Gasteiger partial charge is 0.165 e. The molecule has 0 radical (unpaired) electrons. The van der Waals surface area contributed by atoms with Crippen LogP contribution in [0, 0.1) is 0 Å². The zero-order valence-corrected chi connectivity index (χ0v) is 13.5. The van der Waals surface area contributed by atoms with E-state index in [9.17, 15) is 0 Å². The lowest BCUT2D eigenvalue weighted by Gasteiger charge is -2.28. The fraction of sp³-hybridized carbons (Fsp3) is 0.647. The summed E-state index contributed by atoms with van der Waals surface area (Å²) in [7, 11) is 3.81. The number of hydrogen-bond acceptors (Lipinski definition) is 5. The van der Waals surface area contributed by atoms with Gasteiger partial charge < -0.3 is 18.9 Å². The maximum Gasteiger partial charge on any atom is 0.165 e. The van der Waals surface area contributed by atoms with Gasteiger partial charge in [0.1, 0.15) is 19.0 Å². The number of nitrogens with zero attached hydrogens (tertiary/aromatic N) is 1. The Balaban J connectivity index is 1.67. The molecule has 1 aromatic rings. The second-order valence-electron chi connectivity index (χ2n) is 5.99. The molecule has 0 amide bonds. The molecule has 22 heavy (non-hydrogen) atoms. The van der Waals surface area contributed by atoms with Gasteiger partial charge in [0.15, 0.2) is 11.5 Å². The van der Waals surface area contributed by atoms with Crippen molar-refractivity contribution in [2.24, 2.45) is 0 Å². The summed E-state index contributed by atoms with van der Waals surface area (Å²) in [6.45, 7) is 3.84. The molecule has 0 unspecified atom stereocenters. The van der Waals surface area contributed by atoms with Crippen LogP contribution in [0.3, 0.4) is 0 Å². The molecule has 1 aromatic carbocycles. The highest BCUT2D eigenvalue weighted by Gasteiger charge is 2.19. The van der Waals surface area contributed by atoms with Crippen LogP contribution in [0.5, 0.6) is 17.2 Å². The van der Waals surface area contributed by atoms with Crippen molar-refractivity contribution in [3.05, 3.63) is 17.7 Å². The quantitative estimate of drug-likeness (QED) is 0.836. The first-order valence-corrected chi connectivity index (χ1v) is 8.03. The van der Waals surface area contributed by atoms with Gasteiger partial charge in [-0.25, -0.2) is 0 Å². The lowest BCUT2D eigenvalue weighted by atomic mass is 10.1. The van der Waals surface area contributed by atoms with Crippen molar-refractivity contribution in [1.82, 2.24) is 4.90 Å². The Hall–Kier alpha value is -1.46. The Morgan fingerprint density at radius 3 is 2.59 bits per heavy atom. The number of likely N-dealkylation sites (N-methyl/N-ethyl adjacent to an activating group) is 1. The standard InChI is InChI=1S/C17H25NO4/c1-18(12-14-5-3-4-6-20-14)11-13-9-16-17(10-15(13)19-2)22-8-7-21-16/h9-10,14H,3-8,11-12H2,1-2H3/t14-/m0/s1. The van der Waals surface area contributed by atoms with Crippen LogP contribution < -0.4 is 14.2 Å². The molecule has 122 valence electrons. The third kappa shape index (κ3) is 3.65. The fourth-order valence-electron chi connectivity index (χ4n) is 3.08. The topological polar surface area (TPSA) is 40.2 Å². The van der Waals surface area contributed by atoms with Gasteiger partial charge in [0.25, 0.3) is 0 Å². The first-order chi connectivity index (χ1) is 10.8. The Labute approximate surface area is 132 Å². The van der Waals surface area contributed by atoms with Crippen LogP contribution >= 0.6 is 0 Å². The van der Waals surface area contributed by atoms with Crippen molar-refractivity contribution in [2.75, 3.05) is 40.5 Å². The fourth-order valence-corrected chi connectivity index (χ4v) is 3.08. The molecule has 1 atom stereocenters. The van der Waals surface area contributed by atoms with E-state index in [4.69, 9.17) is 18.9 Å². The van der Waals surface area contributed by atoms with E-state index in [1.807, 2.05) is 12.1 Å². The first kappa shape index (κ1) is 15.4. The van der Waals surface area contributed by atoms with E-state index in [0.29, 0.717) is 19.3 Å². The number of rotatable bonds is 5. The van der Waals surface area contributed by atoms with Gasteiger partial charge in [-0.15, -0.1) is 0 Å². The van der Waals surface area contributed by atoms with Crippen LogP contribution in [-0.4, -0.2) is 51.5 Å². The van der Waals surface area contributed by atoms with Crippen molar-refractivity contribution in [2.45, 2.75) is 31.9 Å². The molecule has 0 saturated carbocycles. The van der Waals surface area contributed by atoms with Crippen molar-refractivity contribution in [3.8, 4) is 17.2 Å². The summed E-state index contributed by atoms with van der Waals surface area (Å²) in [6.07, 6.45) is 3.96. The van der Waals surface area contributed by atoms with Gasteiger partial charge in [-0.2, -0.15) is 0 Å². The number of benzene rings is 1. The van der Waals surface area contributed by atoms with Crippen molar-refractivity contribution in [3.63, 3.8) is 0 Å². The SMILES string of the molecule is COc1cc2c(cc1CN(C)C[C@@H]1CCCCO1)OCCO2. The number of hydrogen-bond donors (Lipinski definition) is 0. The summed E-state index contributed by atoms with van der Waals surface area (Å²) in [6, 6.07) is 3.96. The zero-order valence-electron chi connectivity index (χ0n) is 13.5. The maximum atomic E-state index is 5.82. The van der Waals surface area contributed by atoms with E-state index in [2.05, 4.69) is 11.9 Å². The molecule has 2 aliphatic rings. The highest BCUT2D eigenvalue weighted by atomic mass is 16.6. The van der Waals surface area contributed by atoms with E-state index < -0.39 is 0 Å². The molecule has 0 bridgehead atoms. The average Bonchev–Trinajstić information content (AvgIpc) is 2.55. The maximum absolute atomic E-state index is 5.82. The molecule has 5 nitrogen and oxygen atoms in total. The predicted octanol–water partition coefficient (Wildman–Crippen LogP) is 2.47. The molecule has 2 aliphatic heterocycles. The summed E-state index contributed by atoms with van der Waals surface area (Å²) < 4.78 is 22.6. The predicted molar refractivity (Wildman–Crippen MR) is 83.9 cm³/mol. The Morgan fingerprint density at radius 1 is 1.14 bits per heavy atom. The van der Waals surface area contributed by atoms with Crippen LogP contribution in [0.15, 0.2) is 12.1 Å². The number of methoxy groups -OCH3 is 1. The zero-order chi connectivity index (χ0) is 15.4. The summed E-state index contributed by atoms with van der Waals surface area (Å²) >= 11 is 0. The molecule has 2 heterocycles. The molecule has 5 heteroatoms. The lowest BCUT2D eigenvalue weighted by molar-refractivity contribution is -0.00269. The van der Waals surface area contributed by atoms with Crippen molar-refractivity contribution in [1.29, 1.82) is 0 Å². The second kappa shape index (κ2) is 7.20. The van der Waals surface area contributed by atoms with Gasteiger partial charge in [0, 0.05) is 31.3 Å². The van der Waals surface area contributed by atoms with Crippen molar-refractivity contribution < 1.29 is 18.9 Å². The molecule has 0 spiro atoms. The highest BCUT2D eigenvalue weighted by Crippen LogP contribution is 2.37. The second-order valence-corrected chi connectivity index (χ2v) is 5.99. The molecule has 1 fully saturated rings. The third-order valence-corrected chi connectivity index (χ3v) is 4.17. The Kier molecular flexibility index (Phi) is 5.05. The normalized spacial score (nSPS) is 21.0. The monoisotopic (exact) mass is 307 g/mol. The van der Waals surface area contributed by atoms with Crippen LogP contribution in [0.25, 0.3) is 0 Å². The molecule has 0 aliphatic carbocycles. The number of ether oxygens (including phenoxy) is 4. The summed E-state index contributed by atoms with van der Waals surface area (Å²) in [5.41, 5.74) is 1.12. The summed E-state index contributed by atoms with van der Waals surface area (Å²) in [4.78, 5) is 2.28. The van der Waals surface area contributed by atoms with E-state index in [1.54, 1.807) is 7.11 Å². The molecular weight excluding hydrogens is 282 g/mol. The lowest BCUT2D eigenvalue weighted by Crippen LogP contribution is -2.33. The van der Waals surface area contributed by atoms with Crippen LogP contribution in [-0.2, 0) is 11.3 Å². The third-order valence-electron chi connectivity index (χ3n) is 4.17. The van der Waals surface area contributed by atoms with Crippen LogP contribution in [0.4, 0.5) is 0 Å². The molecular formula is C17H25NO4. The first-order valence-electron chi connectivity index (χ1n) is 8.03. The molecule has 3 rings (SSSR count). The number of fused-ring (bicyclic) bond motifs is 1. The molecule has 0 aromatic heterocycles. The van der Waals surface area contributed by atoms with Gasteiger partial charge in [0.05, 0.1) is 13.2 Å². The van der Waals surface area contributed by atoms with Gasteiger partial charge in [-0.05, 0) is 32.4 Å². The summed E-state index contributed by atoms with van der Waals surface area (Å²) in [5.74, 6) is 2.43. The highest BCUT2D eigenvalue weighted by molar-refractivity contribution is 5.51. The van der Waals surface area contributed by atoms with E-state index >= 15 is 0 Å². The molecule has 0 N–H and O–H groups in total. The van der Waals surface area contributed by atoms with Crippen LogP contribution in [0.2, 0.25) is 0 Å². The van der Waals surface area contributed by atoms with E-state index in [-0.39, 0.29) is 0 Å². The minimum Gasteiger partial charge on any atom is -0.496 e. The summed E-state index contributed by atoms with van der Waals surface area (Å²) in [5, 5.41) is 0. The van der Waals surface area contributed by atoms with Gasteiger partial charge in [-0.3, -0.25) is 4.90 Å². The Bertz CT molecular complexity index is 500. The minimum absolute atomic E-state index is 0.349. The van der Waals surface area contributed by atoms with E-state index in [1.165, 1.54) is 12.8 Å². The largest absolute Gasteiger partial charge is 0.496 e. The van der Waals surface area contributed by atoms with Gasteiger partial charge in [-0.1, -0.05) is 0 Å². The minimum atomic E-state index is 0.349. The molecule has 1 saturated heterocycles. The van der Waals surface area contributed by atoms with Gasteiger partial charge >= 0.3 is 0 Å². The van der Waals surface area contributed by atoms with Gasteiger partial charge in [0.2, 0.25) is 0 Å². The van der Waals surface area contributed by atoms with Crippen molar-refractivity contribution >= 4 is 0 Å². The average molecular weight is 307 g/mol.